The molecule has 1 saturated heterocycles. The van der Waals surface area contributed by atoms with Crippen molar-refractivity contribution in [3.05, 3.63) is 59.7 Å². The fourth-order valence-corrected chi connectivity index (χ4v) is 3.87. The molecule has 2 N–H and O–H groups in total. The van der Waals surface area contributed by atoms with Crippen molar-refractivity contribution in [2.24, 2.45) is 11.7 Å². The number of hydrogen-bond acceptors (Lipinski definition) is 3. The van der Waals surface area contributed by atoms with Crippen molar-refractivity contribution >= 4 is 11.8 Å². The molecule has 1 heterocycles. The van der Waals surface area contributed by atoms with Gasteiger partial charge >= 0.3 is 0 Å². The lowest BCUT2D eigenvalue weighted by atomic mass is 9.90. The molecule has 1 aliphatic carbocycles. The molecule has 0 spiro atoms. The molecule has 2 aromatic carbocycles. The number of nitrogens with two attached hydrogens (primary N) is 1. The van der Waals surface area contributed by atoms with Gasteiger partial charge < -0.3 is 15.4 Å². The molecule has 0 radical (unpaired) electrons. The van der Waals surface area contributed by atoms with Crippen LogP contribution in [0.2, 0.25) is 0 Å². The van der Waals surface area contributed by atoms with Gasteiger partial charge in [-0.1, -0.05) is 54.1 Å². The maximum atomic E-state index is 12.5. The Labute approximate surface area is 165 Å². The molecule has 0 bridgehead atoms. The zero-order chi connectivity index (χ0) is 19.7. The molecule has 28 heavy (non-hydrogen) atoms. The Morgan fingerprint density at radius 1 is 1.14 bits per heavy atom. The van der Waals surface area contributed by atoms with Crippen LogP contribution in [0.25, 0.3) is 11.1 Å². The summed E-state index contributed by atoms with van der Waals surface area (Å²) in [5.74, 6) is -0.260. The number of morpholine rings is 1. The van der Waals surface area contributed by atoms with Crippen LogP contribution in [0, 0.1) is 12.8 Å². The first-order valence-electron chi connectivity index (χ1n) is 9.85. The molecular weight excluding hydrogens is 352 g/mol. The number of rotatable bonds is 5. The lowest BCUT2D eigenvalue weighted by Crippen LogP contribution is -2.61. The van der Waals surface area contributed by atoms with Gasteiger partial charge in [-0.2, -0.15) is 0 Å². The predicted octanol–water partition coefficient (Wildman–Crippen LogP) is 2.70. The maximum absolute atomic E-state index is 12.5. The molecule has 2 aliphatic rings. The highest BCUT2D eigenvalue weighted by atomic mass is 16.5. The summed E-state index contributed by atoms with van der Waals surface area (Å²) in [6.45, 7) is 3.17. The number of carbonyl (C=O) groups is 2. The summed E-state index contributed by atoms with van der Waals surface area (Å²) >= 11 is 0. The average molecular weight is 378 g/mol. The maximum Gasteiger partial charge on any atom is 0.251 e. The molecule has 146 valence electrons. The van der Waals surface area contributed by atoms with Crippen LogP contribution < -0.4 is 5.73 Å². The Hall–Kier alpha value is -2.66. The molecule has 1 saturated carbocycles. The quantitative estimate of drug-likeness (QED) is 0.869. The summed E-state index contributed by atoms with van der Waals surface area (Å²) in [4.78, 5) is 26.5. The van der Waals surface area contributed by atoms with E-state index in [1.54, 1.807) is 4.90 Å². The van der Waals surface area contributed by atoms with Crippen LogP contribution in [0.5, 0.6) is 0 Å². The standard InChI is InChI=1S/C23H26N2O3/c1-16-3-2-4-20(13-16)18-7-5-17(6-8-18)14-23(22(24)27)15-25(11-12-28-23)21(26)19-9-10-19/h2-8,13,19H,9-12,14-15H2,1H3,(H2,24,27)/t23-/m0/s1. The number of carbonyl (C=O) groups excluding carboxylic acids is 2. The monoisotopic (exact) mass is 378 g/mol. The highest BCUT2D eigenvalue weighted by molar-refractivity contribution is 5.87. The van der Waals surface area contributed by atoms with Gasteiger partial charge in [0.1, 0.15) is 0 Å². The van der Waals surface area contributed by atoms with E-state index in [0.29, 0.717) is 19.6 Å². The van der Waals surface area contributed by atoms with Gasteiger partial charge in [-0.25, -0.2) is 0 Å². The number of nitrogens with zero attached hydrogens (tertiary/aromatic N) is 1. The largest absolute Gasteiger partial charge is 0.367 e. The van der Waals surface area contributed by atoms with Gasteiger partial charge in [0.05, 0.1) is 13.2 Å². The SMILES string of the molecule is Cc1cccc(-c2ccc(C[C@@]3(C(N)=O)CN(C(=O)C4CC4)CCO3)cc2)c1. The Morgan fingerprint density at radius 3 is 2.54 bits per heavy atom. The Balaban J connectivity index is 1.53. The van der Waals surface area contributed by atoms with Crippen molar-refractivity contribution in [2.45, 2.75) is 31.8 Å². The molecule has 2 amide bonds. The lowest BCUT2D eigenvalue weighted by molar-refractivity contribution is -0.164. The minimum Gasteiger partial charge on any atom is -0.367 e. The Bertz CT molecular complexity index is 889. The molecule has 2 aromatic rings. The second-order valence-corrected chi connectivity index (χ2v) is 7.98. The van der Waals surface area contributed by atoms with Crippen molar-refractivity contribution in [1.29, 1.82) is 0 Å². The van der Waals surface area contributed by atoms with Crippen molar-refractivity contribution in [2.75, 3.05) is 19.7 Å². The van der Waals surface area contributed by atoms with Crippen LogP contribution in [-0.2, 0) is 20.7 Å². The van der Waals surface area contributed by atoms with Crippen molar-refractivity contribution < 1.29 is 14.3 Å². The number of ether oxygens (including phenoxy) is 1. The number of aryl methyl sites for hydroxylation is 1. The molecular formula is C23H26N2O3. The van der Waals surface area contributed by atoms with Crippen molar-refractivity contribution in [3.8, 4) is 11.1 Å². The van der Waals surface area contributed by atoms with Gasteiger partial charge in [-0.05, 0) is 36.5 Å². The molecule has 5 nitrogen and oxygen atoms in total. The highest BCUT2D eigenvalue weighted by Crippen LogP contribution is 2.33. The third-order valence-electron chi connectivity index (χ3n) is 5.67. The van der Waals surface area contributed by atoms with Crippen LogP contribution in [0.3, 0.4) is 0 Å². The highest BCUT2D eigenvalue weighted by Gasteiger charge is 2.45. The van der Waals surface area contributed by atoms with E-state index in [1.165, 1.54) is 5.56 Å². The first-order valence-corrected chi connectivity index (χ1v) is 9.85. The molecule has 2 fully saturated rings. The molecule has 1 aliphatic heterocycles. The van der Waals surface area contributed by atoms with Crippen LogP contribution in [0.1, 0.15) is 24.0 Å². The Kier molecular flexibility index (Phi) is 4.94. The number of amides is 2. The molecule has 0 unspecified atom stereocenters. The fraction of sp³-hybridized carbons (Fsp3) is 0.391. The summed E-state index contributed by atoms with van der Waals surface area (Å²) in [5, 5.41) is 0. The summed E-state index contributed by atoms with van der Waals surface area (Å²) < 4.78 is 5.87. The number of primary amides is 1. The molecule has 1 atom stereocenters. The van der Waals surface area contributed by atoms with Gasteiger partial charge in [0.15, 0.2) is 5.60 Å². The molecule has 4 rings (SSSR count). The number of benzene rings is 2. The summed E-state index contributed by atoms with van der Waals surface area (Å²) in [7, 11) is 0. The average Bonchev–Trinajstić information content (AvgIpc) is 3.53. The third kappa shape index (κ3) is 3.80. The third-order valence-corrected chi connectivity index (χ3v) is 5.67. The van der Waals surface area contributed by atoms with Crippen LogP contribution in [0.15, 0.2) is 48.5 Å². The first kappa shape index (κ1) is 18.7. The van der Waals surface area contributed by atoms with E-state index in [-0.39, 0.29) is 18.4 Å². The molecule has 5 heteroatoms. The van der Waals surface area contributed by atoms with Crippen LogP contribution in [0.4, 0.5) is 0 Å². The molecule has 0 aromatic heterocycles. The van der Waals surface area contributed by atoms with E-state index in [1.807, 2.05) is 18.2 Å². The smallest absolute Gasteiger partial charge is 0.251 e. The minimum atomic E-state index is -1.16. The zero-order valence-electron chi connectivity index (χ0n) is 16.2. The van der Waals surface area contributed by atoms with Crippen LogP contribution in [-0.4, -0.2) is 42.0 Å². The van der Waals surface area contributed by atoms with E-state index in [0.717, 1.165) is 29.5 Å². The van der Waals surface area contributed by atoms with E-state index < -0.39 is 11.5 Å². The van der Waals surface area contributed by atoms with E-state index >= 15 is 0 Å². The van der Waals surface area contributed by atoms with E-state index in [2.05, 4.69) is 37.3 Å². The zero-order valence-corrected chi connectivity index (χ0v) is 16.2. The van der Waals surface area contributed by atoms with Crippen LogP contribution >= 0.6 is 0 Å². The van der Waals surface area contributed by atoms with Gasteiger partial charge in [0.2, 0.25) is 5.91 Å². The second kappa shape index (κ2) is 7.40. The summed E-state index contributed by atoms with van der Waals surface area (Å²) in [5.41, 5.74) is 9.04. The number of hydrogen-bond donors (Lipinski definition) is 1. The van der Waals surface area contributed by atoms with Crippen molar-refractivity contribution in [3.63, 3.8) is 0 Å². The first-order chi connectivity index (χ1) is 13.5. The Morgan fingerprint density at radius 2 is 1.89 bits per heavy atom. The topological polar surface area (TPSA) is 72.6 Å². The fourth-order valence-electron chi connectivity index (χ4n) is 3.87. The summed E-state index contributed by atoms with van der Waals surface area (Å²) in [6, 6.07) is 16.5. The van der Waals surface area contributed by atoms with E-state index in [9.17, 15) is 9.59 Å². The summed E-state index contributed by atoms with van der Waals surface area (Å²) in [6.07, 6.45) is 2.26. The second-order valence-electron chi connectivity index (χ2n) is 7.98. The van der Waals surface area contributed by atoms with E-state index in [4.69, 9.17) is 10.5 Å². The predicted molar refractivity (Wildman–Crippen MR) is 108 cm³/mol. The van der Waals surface area contributed by atoms with Gasteiger partial charge in [0, 0.05) is 18.9 Å². The van der Waals surface area contributed by atoms with Gasteiger partial charge in [0.25, 0.3) is 5.91 Å². The normalized spacial score (nSPS) is 22.1. The van der Waals surface area contributed by atoms with Gasteiger partial charge in [-0.15, -0.1) is 0 Å². The van der Waals surface area contributed by atoms with Gasteiger partial charge in [-0.3, -0.25) is 9.59 Å². The van der Waals surface area contributed by atoms with Crippen molar-refractivity contribution in [1.82, 2.24) is 4.90 Å². The minimum absolute atomic E-state index is 0.122. The lowest BCUT2D eigenvalue weighted by Gasteiger charge is -2.41.